The molecule has 35 heavy (non-hydrogen) atoms. The summed E-state index contributed by atoms with van der Waals surface area (Å²) in [6.45, 7) is 1.31. The molecule has 2 aliphatic heterocycles. The number of aliphatic hydroxyl groups is 7. The molecule has 2 rings (SSSR count). The van der Waals surface area contributed by atoms with Gasteiger partial charge in [-0.2, -0.15) is 0 Å². The number of hydrogen-bond donors (Lipinski definition) is 7. The van der Waals surface area contributed by atoms with Crippen LogP contribution in [0.4, 0.5) is 0 Å². The lowest BCUT2D eigenvalue weighted by molar-refractivity contribution is -0.359. The van der Waals surface area contributed by atoms with E-state index in [9.17, 15) is 35.7 Å². The Bertz CT molecular complexity index is 550. The van der Waals surface area contributed by atoms with E-state index in [1.54, 1.807) is 0 Å². The normalized spacial score (nSPS) is 38.1. The summed E-state index contributed by atoms with van der Waals surface area (Å²) in [7, 11) is 0. The van der Waals surface area contributed by atoms with Crippen molar-refractivity contribution < 1.29 is 54.7 Å². The predicted octanol–water partition coefficient (Wildman–Crippen LogP) is -0.452. The van der Waals surface area contributed by atoms with Gasteiger partial charge in [-0.25, -0.2) is 0 Å². The molecule has 2 heterocycles. The second-order valence-electron chi connectivity index (χ2n) is 9.56. The van der Waals surface area contributed by atoms with Crippen LogP contribution in [0.5, 0.6) is 0 Å². The standard InChI is InChI=1S/C24H46O11/c1-2-3-4-5-6-7-8-9-10-11-12-32-23-21(31)19(29)22(16(14-26)34-23)35-24-20(30)18(28)17(27)15(13-25)33-24/h15-31H,2-14H2,1H3/t15-,16+,17-,18-,19+,20-,21+,22+,23-,24+/m0/s1. The van der Waals surface area contributed by atoms with E-state index in [1.165, 1.54) is 44.9 Å². The third kappa shape index (κ3) is 9.11. The van der Waals surface area contributed by atoms with Crippen LogP contribution in [0.15, 0.2) is 0 Å². The molecule has 11 nitrogen and oxygen atoms in total. The van der Waals surface area contributed by atoms with E-state index in [4.69, 9.17) is 18.9 Å². The predicted molar refractivity (Wildman–Crippen MR) is 124 cm³/mol. The largest absolute Gasteiger partial charge is 0.394 e. The highest BCUT2D eigenvalue weighted by atomic mass is 16.7. The van der Waals surface area contributed by atoms with Crippen LogP contribution < -0.4 is 0 Å². The fourth-order valence-electron chi connectivity index (χ4n) is 4.48. The van der Waals surface area contributed by atoms with Crippen molar-refractivity contribution in [3.05, 3.63) is 0 Å². The summed E-state index contributed by atoms with van der Waals surface area (Å²) in [6, 6.07) is 0. The Morgan fingerprint density at radius 1 is 0.571 bits per heavy atom. The molecule has 0 spiro atoms. The topological polar surface area (TPSA) is 179 Å². The van der Waals surface area contributed by atoms with Crippen molar-refractivity contribution in [2.24, 2.45) is 0 Å². The number of unbranched alkanes of at least 4 members (excludes halogenated alkanes) is 9. The molecule has 2 fully saturated rings. The van der Waals surface area contributed by atoms with E-state index in [0.717, 1.165) is 19.3 Å². The Labute approximate surface area is 207 Å². The Hall–Kier alpha value is -0.440. The average Bonchev–Trinajstić information content (AvgIpc) is 2.86. The highest BCUT2D eigenvalue weighted by Gasteiger charge is 2.50. The van der Waals surface area contributed by atoms with Gasteiger partial charge in [0.2, 0.25) is 0 Å². The van der Waals surface area contributed by atoms with Crippen molar-refractivity contribution in [3.63, 3.8) is 0 Å². The van der Waals surface area contributed by atoms with Crippen LogP contribution in [0.3, 0.4) is 0 Å². The first-order valence-electron chi connectivity index (χ1n) is 13.1. The monoisotopic (exact) mass is 510 g/mol. The SMILES string of the molecule is CCCCCCCCCCCCO[C@H]1O[C@H](CO)[C@@H](O[C@H]2O[C@@H](CO)[C@H](O)[C@H](O)[C@@H]2O)[C@H](O)[C@H]1O. The molecule has 2 aliphatic rings. The molecule has 0 aromatic carbocycles. The van der Waals surface area contributed by atoms with E-state index in [-0.39, 0.29) is 0 Å². The Morgan fingerprint density at radius 2 is 1.09 bits per heavy atom. The maximum atomic E-state index is 10.6. The summed E-state index contributed by atoms with van der Waals surface area (Å²) < 4.78 is 22.0. The van der Waals surface area contributed by atoms with E-state index in [2.05, 4.69) is 6.92 Å². The summed E-state index contributed by atoms with van der Waals surface area (Å²) >= 11 is 0. The summed E-state index contributed by atoms with van der Waals surface area (Å²) in [6.07, 6.45) is -2.63. The number of aliphatic hydroxyl groups excluding tert-OH is 7. The highest BCUT2D eigenvalue weighted by Crippen LogP contribution is 2.29. The third-order valence-corrected chi connectivity index (χ3v) is 6.74. The van der Waals surface area contributed by atoms with Crippen LogP contribution in [0.1, 0.15) is 71.1 Å². The minimum absolute atomic E-state index is 0.321. The molecule has 0 aliphatic carbocycles. The minimum Gasteiger partial charge on any atom is -0.394 e. The van der Waals surface area contributed by atoms with Gasteiger partial charge < -0.3 is 54.7 Å². The Balaban J connectivity index is 1.74. The van der Waals surface area contributed by atoms with Gasteiger partial charge in [0.05, 0.1) is 13.2 Å². The fourth-order valence-corrected chi connectivity index (χ4v) is 4.48. The molecule has 0 amide bonds. The van der Waals surface area contributed by atoms with Crippen LogP contribution in [0, 0.1) is 0 Å². The summed E-state index contributed by atoms with van der Waals surface area (Å²) in [5.41, 5.74) is 0. The van der Waals surface area contributed by atoms with E-state index in [0.29, 0.717) is 6.61 Å². The van der Waals surface area contributed by atoms with Crippen molar-refractivity contribution in [1.82, 2.24) is 0 Å². The van der Waals surface area contributed by atoms with Crippen LogP contribution >= 0.6 is 0 Å². The first kappa shape index (κ1) is 30.8. The first-order chi connectivity index (χ1) is 16.8. The van der Waals surface area contributed by atoms with E-state index < -0.39 is 74.6 Å². The summed E-state index contributed by atoms with van der Waals surface area (Å²) in [5, 5.41) is 70.1. The van der Waals surface area contributed by atoms with Crippen molar-refractivity contribution in [3.8, 4) is 0 Å². The van der Waals surface area contributed by atoms with Gasteiger partial charge in [-0.05, 0) is 6.42 Å². The zero-order valence-corrected chi connectivity index (χ0v) is 20.7. The second kappa shape index (κ2) is 16.4. The van der Waals surface area contributed by atoms with Crippen LogP contribution in [-0.4, -0.2) is 117 Å². The quantitative estimate of drug-likeness (QED) is 0.134. The van der Waals surface area contributed by atoms with Crippen molar-refractivity contribution in [1.29, 1.82) is 0 Å². The molecule has 11 heteroatoms. The van der Waals surface area contributed by atoms with Crippen molar-refractivity contribution in [2.75, 3.05) is 19.8 Å². The number of hydrogen-bond acceptors (Lipinski definition) is 11. The molecule has 0 radical (unpaired) electrons. The Kier molecular flexibility index (Phi) is 14.4. The van der Waals surface area contributed by atoms with Crippen LogP contribution in [-0.2, 0) is 18.9 Å². The van der Waals surface area contributed by atoms with Gasteiger partial charge >= 0.3 is 0 Å². The zero-order chi connectivity index (χ0) is 25.8. The number of ether oxygens (including phenoxy) is 4. The molecule has 0 bridgehead atoms. The maximum absolute atomic E-state index is 10.6. The Morgan fingerprint density at radius 3 is 1.66 bits per heavy atom. The van der Waals surface area contributed by atoms with Crippen molar-refractivity contribution >= 4 is 0 Å². The van der Waals surface area contributed by atoms with E-state index in [1.807, 2.05) is 0 Å². The molecule has 0 unspecified atom stereocenters. The van der Waals surface area contributed by atoms with Crippen LogP contribution in [0.2, 0.25) is 0 Å². The van der Waals surface area contributed by atoms with Gasteiger partial charge in [0.15, 0.2) is 12.6 Å². The fraction of sp³-hybridized carbons (Fsp3) is 1.00. The molecular formula is C24H46O11. The second-order valence-corrected chi connectivity index (χ2v) is 9.56. The molecule has 208 valence electrons. The molecule has 7 N–H and O–H groups in total. The lowest BCUT2D eigenvalue weighted by atomic mass is 9.97. The molecular weight excluding hydrogens is 464 g/mol. The van der Waals surface area contributed by atoms with Crippen LogP contribution in [0.25, 0.3) is 0 Å². The van der Waals surface area contributed by atoms with E-state index >= 15 is 0 Å². The molecule has 0 aromatic heterocycles. The van der Waals surface area contributed by atoms with Gasteiger partial charge in [-0.15, -0.1) is 0 Å². The van der Waals surface area contributed by atoms with Gasteiger partial charge in [-0.1, -0.05) is 64.7 Å². The molecule has 0 aromatic rings. The lowest BCUT2D eigenvalue weighted by Crippen LogP contribution is -2.64. The zero-order valence-electron chi connectivity index (χ0n) is 20.7. The third-order valence-electron chi connectivity index (χ3n) is 6.74. The van der Waals surface area contributed by atoms with Crippen molar-refractivity contribution in [2.45, 2.75) is 133 Å². The number of rotatable bonds is 16. The highest BCUT2D eigenvalue weighted by molar-refractivity contribution is 4.94. The molecule has 0 saturated carbocycles. The molecule has 2 saturated heterocycles. The first-order valence-corrected chi connectivity index (χ1v) is 13.1. The molecule has 10 atom stereocenters. The van der Waals surface area contributed by atoms with Gasteiger partial charge in [-0.3, -0.25) is 0 Å². The van der Waals surface area contributed by atoms with Gasteiger partial charge in [0, 0.05) is 6.61 Å². The minimum atomic E-state index is -1.69. The van der Waals surface area contributed by atoms with Gasteiger partial charge in [0.1, 0.15) is 48.8 Å². The van der Waals surface area contributed by atoms with Gasteiger partial charge in [0.25, 0.3) is 0 Å². The maximum Gasteiger partial charge on any atom is 0.187 e. The smallest absolute Gasteiger partial charge is 0.187 e. The average molecular weight is 511 g/mol. The lowest BCUT2D eigenvalue weighted by Gasteiger charge is -2.45. The summed E-state index contributed by atoms with van der Waals surface area (Å²) in [5.74, 6) is 0. The summed E-state index contributed by atoms with van der Waals surface area (Å²) in [4.78, 5) is 0.